The fourth-order valence-corrected chi connectivity index (χ4v) is 4.67. The number of hydrogen-bond acceptors (Lipinski definition) is 4. The van der Waals surface area contributed by atoms with Crippen LogP contribution in [0.4, 0.5) is 4.39 Å². The van der Waals surface area contributed by atoms with Crippen LogP contribution in [0.15, 0.2) is 24.3 Å². The van der Waals surface area contributed by atoms with E-state index in [1.807, 2.05) is 0 Å². The number of carboxylic acid groups (broad SMARTS) is 1. The van der Waals surface area contributed by atoms with Gasteiger partial charge in [0.25, 0.3) is 0 Å². The Morgan fingerprint density at radius 1 is 1.28 bits per heavy atom. The predicted molar refractivity (Wildman–Crippen MR) is 109 cm³/mol. The second-order valence-electron chi connectivity index (χ2n) is 9.47. The van der Waals surface area contributed by atoms with Crippen molar-refractivity contribution in [2.24, 2.45) is 16.7 Å². The number of rotatable bonds is 10. The van der Waals surface area contributed by atoms with Crippen LogP contribution >= 0.6 is 0 Å². The highest BCUT2D eigenvalue weighted by Crippen LogP contribution is 2.47. The summed E-state index contributed by atoms with van der Waals surface area (Å²) in [7, 11) is 0. The van der Waals surface area contributed by atoms with E-state index in [2.05, 4.69) is 17.1 Å². The van der Waals surface area contributed by atoms with Crippen LogP contribution in [0.2, 0.25) is 0 Å². The third-order valence-electron chi connectivity index (χ3n) is 7.31. The lowest BCUT2D eigenvalue weighted by atomic mass is 9.78. The molecule has 0 bridgehead atoms. The molecular weight excluding hydrogens is 371 g/mol. The topological polar surface area (TPSA) is 61.8 Å². The number of likely N-dealkylation sites (tertiary alicyclic amines) is 1. The average molecular weight is 405 g/mol. The monoisotopic (exact) mass is 404 g/mol. The van der Waals surface area contributed by atoms with Crippen molar-refractivity contribution < 1.29 is 19.0 Å². The Morgan fingerprint density at radius 2 is 2.00 bits per heavy atom. The molecule has 2 unspecified atom stereocenters. The number of nitrogens with zero attached hydrogens (tertiary/aromatic N) is 1. The molecule has 0 spiro atoms. The number of ether oxygens (including phenoxy) is 1. The van der Waals surface area contributed by atoms with Crippen LogP contribution in [0, 0.1) is 22.6 Å². The van der Waals surface area contributed by atoms with Crippen LogP contribution in [0.5, 0.6) is 5.75 Å². The van der Waals surface area contributed by atoms with Gasteiger partial charge in [-0.3, -0.25) is 4.79 Å². The zero-order chi connectivity index (χ0) is 20.5. The minimum Gasteiger partial charge on any atom is -0.490 e. The van der Waals surface area contributed by atoms with Crippen LogP contribution in [-0.2, 0) is 4.79 Å². The molecule has 2 atom stereocenters. The standard InChI is InChI=1S/C23H33FN2O3/c1-2-17-13-19(17)25-14-22(16-29-20-6-4-3-5-18(20)24)9-11-26(12-10-22)15-23(7-8-23)21(27)28/h3-6,17,19,25H,2,7-16H2,1H3,(H,27,28). The number of nitrogens with one attached hydrogen (secondary N) is 1. The molecule has 5 nitrogen and oxygen atoms in total. The van der Waals surface area contributed by atoms with E-state index in [4.69, 9.17) is 4.74 Å². The van der Waals surface area contributed by atoms with Gasteiger partial charge in [0, 0.05) is 24.5 Å². The summed E-state index contributed by atoms with van der Waals surface area (Å²) < 4.78 is 20.0. The molecule has 2 saturated carbocycles. The minimum absolute atomic E-state index is 0.0421. The average Bonchev–Trinajstić information content (AvgIpc) is 3.63. The molecule has 3 fully saturated rings. The highest BCUT2D eigenvalue weighted by atomic mass is 19.1. The van der Waals surface area contributed by atoms with Crippen LogP contribution in [0.1, 0.15) is 45.4 Å². The molecule has 0 aromatic heterocycles. The number of halogens is 1. The maximum absolute atomic E-state index is 14.0. The molecule has 3 aliphatic rings. The highest BCUT2D eigenvalue weighted by molar-refractivity contribution is 5.78. The summed E-state index contributed by atoms with van der Waals surface area (Å²) in [5, 5.41) is 13.2. The van der Waals surface area contributed by atoms with Crippen molar-refractivity contribution in [1.82, 2.24) is 10.2 Å². The van der Waals surface area contributed by atoms with E-state index in [0.717, 1.165) is 51.2 Å². The molecule has 2 aliphatic carbocycles. The van der Waals surface area contributed by atoms with E-state index in [0.29, 0.717) is 24.9 Å². The number of benzene rings is 1. The maximum Gasteiger partial charge on any atom is 0.310 e. The first-order chi connectivity index (χ1) is 14.0. The minimum atomic E-state index is -0.654. The molecule has 6 heteroatoms. The van der Waals surface area contributed by atoms with Gasteiger partial charge in [-0.2, -0.15) is 0 Å². The predicted octanol–water partition coefficient (Wildman–Crippen LogP) is 3.54. The number of para-hydroxylation sites is 1. The van der Waals surface area contributed by atoms with Crippen molar-refractivity contribution in [3.63, 3.8) is 0 Å². The zero-order valence-corrected chi connectivity index (χ0v) is 17.3. The van der Waals surface area contributed by atoms with Gasteiger partial charge in [-0.1, -0.05) is 25.5 Å². The quantitative estimate of drug-likeness (QED) is 0.625. The summed E-state index contributed by atoms with van der Waals surface area (Å²) in [5.74, 6) is 0.122. The Hall–Kier alpha value is -1.66. The van der Waals surface area contributed by atoms with Crippen LogP contribution < -0.4 is 10.1 Å². The van der Waals surface area contributed by atoms with Gasteiger partial charge in [-0.15, -0.1) is 0 Å². The Balaban J connectivity index is 1.36. The molecule has 0 amide bonds. The molecule has 0 radical (unpaired) electrons. The van der Waals surface area contributed by atoms with Gasteiger partial charge >= 0.3 is 5.97 Å². The van der Waals surface area contributed by atoms with E-state index >= 15 is 0 Å². The normalized spacial score (nSPS) is 27.4. The van der Waals surface area contributed by atoms with Crippen LogP contribution in [0.25, 0.3) is 0 Å². The first kappa shape index (κ1) is 20.6. The maximum atomic E-state index is 14.0. The first-order valence-corrected chi connectivity index (χ1v) is 11.0. The molecule has 1 heterocycles. The summed E-state index contributed by atoms with van der Waals surface area (Å²) in [4.78, 5) is 13.8. The lowest BCUT2D eigenvalue weighted by molar-refractivity contribution is -0.144. The fourth-order valence-electron chi connectivity index (χ4n) is 4.67. The molecule has 1 aromatic carbocycles. The van der Waals surface area contributed by atoms with Crippen molar-refractivity contribution in [1.29, 1.82) is 0 Å². The number of carbonyl (C=O) groups is 1. The van der Waals surface area contributed by atoms with Crippen LogP contribution in [0.3, 0.4) is 0 Å². The Kier molecular flexibility index (Phi) is 5.85. The molecule has 4 rings (SSSR count). The number of carboxylic acids is 1. The molecule has 1 aliphatic heterocycles. The number of aliphatic carboxylic acids is 1. The molecule has 2 N–H and O–H groups in total. The lowest BCUT2D eigenvalue weighted by Gasteiger charge is -2.42. The van der Waals surface area contributed by atoms with Gasteiger partial charge in [0.05, 0.1) is 12.0 Å². The molecular formula is C23H33FN2O3. The van der Waals surface area contributed by atoms with Crippen molar-refractivity contribution in [3.8, 4) is 5.75 Å². The van der Waals surface area contributed by atoms with E-state index in [1.165, 1.54) is 18.9 Å². The number of piperidine rings is 1. The Labute approximate surface area is 172 Å². The molecule has 1 saturated heterocycles. The first-order valence-electron chi connectivity index (χ1n) is 11.0. The highest BCUT2D eigenvalue weighted by Gasteiger charge is 2.52. The Morgan fingerprint density at radius 3 is 2.59 bits per heavy atom. The number of hydrogen-bond donors (Lipinski definition) is 2. The van der Waals surface area contributed by atoms with Crippen molar-refractivity contribution in [2.45, 2.75) is 51.5 Å². The fraction of sp³-hybridized carbons (Fsp3) is 0.696. The summed E-state index contributed by atoms with van der Waals surface area (Å²) in [5.41, 5.74) is -0.552. The summed E-state index contributed by atoms with van der Waals surface area (Å²) in [6.45, 7) is 6.00. The van der Waals surface area contributed by atoms with Gasteiger partial charge in [-0.05, 0) is 63.2 Å². The second kappa shape index (κ2) is 8.23. The van der Waals surface area contributed by atoms with Gasteiger partial charge < -0.3 is 20.1 Å². The van der Waals surface area contributed by atoms with Crippen LogP contribution in [-0.4, -0.2) is 54.8 Å². The van der Waals surface area contributed by atoms with E-state index < -0.39 is 11.4 Å². The third-order valence-corrected chi connectivity index (χ3v) is 7.31. The zero-order valence-electron chi connectivity index (χ0n) is 17.3. The van der Waals surface area contributed by atoms with Gasteiger partial charge in [0.1, 0.15) is 0 Å². The Bertz CT molecular complexity index is 729. The van der Waals surface area contributed by atoms with Crippen molar-refractivity contribution in [2.75, 3.05) is 32.8 Å². The van der Waals surface area contributed by atoms with Crippen molar-refractivity contribution in [3.05, 3.63) is 30.1 Å². The summed E-state index contributed by atoms with van der Waals surface area (Å²) >= 11 is 0. The smallest absolute Gasteiger partial charge is 0.310 e. The van der Waals surface area contributed by atoms with Gasteiger partial charge in [0.15, 0.2) is 11.6 Å². The largest absolute Gasteiger partial charge is 0.490 e. The van der Waals surface area contributed by atoms with E-state index in [9.17, 15) is 14.3 Å². The second-order valence-corrected chi connectivity index (χ2v) is 9.47. The SMILES string of the molecule is CCC1CC1NCC1(COc2ccccc2F)CCN(CC2(C(=O)O)CC2)CC1. The molecule has 160 valence electrons. The van der Waals surface area contributed by atoms with Crippen molar-refractivity contribution >= 4 is 5.97 Å². The summed E-state index contributed by atoms with van der Waals surface area (Å²) in [6.07, 6.45) is 5.92. The van der Waals surface area contributed by atoms with Gasteiger partial charge in [0.2, 0.25) is 0 Å². The third kappa shape index (κ3) is 4.75. The molecule has 1 aromatic rings. The molecule has 29 heavy (non-hydrogen) atoms. The van der Waals surface area contributed by atoms with Gasteiger partial charge in [-0.25, -0.2) is 4.39 Å². The summed E-state index contributed by atoms with van der Waals surface area (Å²) in [6, 6.07) is 7.18. The van der Waals surface area contributed by atoms with E-state index in [1.54, 1.807) is 18.2 Å². The lowest BCUT2D eigenvalue weighted by Crippen LogP contribution is -2.50. The van der Waals surface area contributed by atoms with E-state index in [-0.39, 0.29) is 11.2 Å².